The van der Waals surface area contributed by atoms with E-state index in [1.54, 1.807) is 0 Å². The maximum Gasteiger partial charge on any atom is 0.238 e. The zero-order valence-electron chi connectivity index (χ0n) is 15.2. The maximum absolute atomic E-state index is 12.4. The Bertz CT molecular complexity index is 980. The number of amides is 1. The molecule has 0 saturated heterocycles. The van der Waals surface area contributed by atoms with Crippen LogP contribution >= 0.6 is 11.8 Å². The minimum atomic E-state index is -0.0664. The van der Waals surface area contributed by atoms with E-state index in [1.165, 1.54) is 28.1 Å². The molecule has 0 aromatic heterocycles. The third-order valence-corrected chi connectivity index (χ3v) is 5.07. The average Bonchev–Trinajstić information content (AvgIpc) is 2.67. The van der Waals surface area contributed by atoms with Gasteiger partial charge in [0.2, 0.25) is 5.91 Å². The third-order valence-electron chi connectivity index (χ3n) is 4.13. The van der Waals surface area contributed by atoms with Crippen molar-refractivity contribution >= 4 is 34.1 Å². The monoisotopic (exact) mass is 375 g/mol. The first-order chi connectivity index (χ1) is 13.2. The molecule has 5 heteroatoms. The van der Waals surface area contributed by atoms with Gasteiger partial charge < -0.3 is 5.32 Å². The molecule has 3 aromatic rings. The molecular weight excluding hydrogens is 354 g/mol. The number of nitrogens with zero attached hydrogens (tertiary/aromatic N) is 2. The van der Waals surface area contributed by atoms with Crippen LogP contribution in [-0.4, -0.2) is 30.2 Å². The molecule has 1 amide bonds. The van der Waals surface area contributed by atoms with E-state index in [9.17, 15) is 4.79 Å². The van der Waals surface area contributed by atoms with E-state index in [4.69, 9.17) is 5.26 Å². The molecule has 0 unspecified atom stereocenters. The molecule has 0 heterocycles. The van der Waals surface area contributed by atoms with Gasteiger partial charge in [-0.15, -0.1) is 11.8 Å². The third kappa shape index (κ3) is 5.33. The van der Waals surface area contributed by atoms with Gasteiger partial charge in [-0.2, -0.15) is 5.26 Å². The number of nitriles is 1. The number of rotatable bonds is 7. The van der Waals surface area contributed by atoms with Crippen LogP contribution in [0.2, 0.25) is 0 Å². The van der Waals surface area contributed by atoms with Crippen molar-refractivity contribution in [2.45, 2.75) is 11.4 Å². The van der Waals surface area contributed by atoms with Gasteiger partial charge in [0.15, 0.2) is 0 Å². The highest BCUT2D eigenvalue weighted by atomic mass is 32.2. The van der Waals surface area contributed by atoms with Crippen molar-refractivity contribution in [1.82, 2.24) is 4.90 Å². The number of nitrogens with one attached hydrogen (secondary N) is 1. The topological polar surface area (TPSA) is 56.1 Å². The van der Waals surface area contributed by atoms with Crippen molar-refractivity contribution in [3.63, 3.8) is 0 Å². The predicted octanol–water partition coefficient (Wildman–Crippen LogP) is 4.53. The van der Waals surface area contributed by atoms with Gasteiger partial charge >= 0.3 is 0 Å². The first-order valence-corrected chi connectivity index (χ1v) is 9.69. The first kappa shape index (κ1) is 19.0. The molecular formula is C22H21N3OS. The SMILES string of the molecule is CN(CC(=O)Nc1ccccc1SCC#N)Cc1ccc2ccccc2c1. The number of fused-ring (bicyclic) bond motifs is 1. The van der Waals surface area contributed by atoms with Gasteiger partial charge in [0.25, 0.3) is 0 Å². The number of benzene rings is 3. The average molecular weight is 375 g/mol. The van der Waals surface area contributed by atoms with E-state index >= 15 is 0 Å². The minimum absolute atomic E-state index is 0.0664. The summed E-state index contributed by atoms with van der Waals surface area (Å²) < 4.78 is 0. The van der Waals surface area contributed by atoms with Gasteiger partial charge in [-0.05, 0) is 41.6 Å². The Kier molecular flexibility index (Phi) is 6.48. The van der Waals surface area contributed by atoms with Gasteiger partial charge in [-0.25, -0.2) is 0 Å². The first-order valence-electron chi connectivity index (χ1n) is 8.70. The fourth-order valence-corrected chi connectivity index (χ4v) is 3.61. The van der Waals surface area contributed by atoms with E-state index in [-0.39, 0.29) is 5.91 Å². The molecule has 0 fully saturated rings. The molecule has 0 atom stereocenters. The summed E-state index contributed by atoms with van der Waals surface area (Å²) >= 11 is 1.42. The lowest BCUT2D eigenvalue weighted by Gasteiger charge is -2.17. The summed E-state index contributed by atoms with van der Waals surface area (Å²) in [5.74, 6) is 0.290. The highest BCUT2D eigenvalue weighted by Crippen LogP contribution is 2.26. The van der Waals surface area contributed by atoms with Crippen molar-refractivity contribution < 1.29 is 4.79 Å². The summed E-state index contributed by atoms with van der Waals surface area (Å²) in [6.45, 7) is 0.993. The summed E-state index contributed by atoms with van der Waals surface area (Å²) in [6, 6.07) is 24.3. The summed E-state index contributed by atoms with van der Waals surface area (Å²) in [6.07, 6.45) is 0. The zero-order valence-corrected chi connectivity index (χ0v) is 16.0. The highest BCUT2D eigenvalue weighted by Gasteiger charge is 2.10. The van der Waals surface area contributed by atoms with Crippen LogP contribution in [0.25, 0.3) is 10.8 Å². The Balaban J connectivity index is 1.59. The predicted molar refractivity (Wildman–Crippen MR) is 112 cm³/mol. The number of hydrogen-bond acceptors (Lipinski definition) is 4. The fraction of sp³-hybridized carbons (Fsp3) is 0.182. The molecule has 27 heavy (non-hydrogen) atoms. The van der Waals surface area contributed by atoms with Crippen LogP contribution in [0.5, 0.6) is 0 Å². The maximum atomic E-state index is 12.4. The standard InChI is InChI=1S/C22H21N3OS/c1-25(15-17-10-11-18-6-2-3-7-19(18)14-17)16-22(26)24-20-8-4-5-9-21(20)27-13-12-23/h2-11,14H,13,15-16H2,1H3,(H,24,26). The number of thioether (sulfide) groups is 1. The summed E-state index contributed by atoms with van der Waals surface area (Å²) in [5.41, 5.74) is 1.93. The van der Waals surface area contributed by atoms with Crippen molar-refractivity contribution in [3.05, 3.63) is 72.3 Å². The number of carbonyl (C=O) groups excluding carboxylic acids is 1. The Labute approximate surface area is 163 Å². The van der Waals surface area contributed by atoms with Crippen molar-refractivity contribution in [2.24, 2.45) is 0 Å². The molecule has 0 aliphatic heterocycles. The molecule has 3 aromatic carbocycles. The van der Waals surface area contributed by atoms with Crippen LogP contribution < -0.4 is 5.32 Å². The van der Waals surface area contributed by atoms with Gasteiger partial charge in [-0.1, -0.05) is 48.5 Å². The molecule has 4 nitrogen and oxygen atoms in total. The molecule has 1 N–H and O–H groups in total. The molecule has 0 spiro atoms. The summed E-state index contributed by atoms with van der Waals surface area (Å²) in [7, 11) is 1.94. The lowest BCUT2D eigenvalue weighted by atomic mass is 10.1. The lowest BCUT2D eigenvalue weighted by Crippen LogP contribution is -2.30. The number of anilines is 1. The second-order valence-electron chi connectivity index (χ2n) is 6.34. The molecule has 0 aliphatic rings. The lowest BCUT2D eigenvalue weighted by molar-refractivity contribution is -0.117. The van der Waals surface area contributed by atoms with Crippen LogP contribution in [0.1, 0.15) is 5.56 Å². The minimum Gasteiger partial charge on any atom is -0.324 e. The van der Waals surface area contributed by atoms with Crippen molar-refractivity contribution in [1.29, 1.82) is 5.26 Å². The van der Waals surface area contributed by atoms with Gasteiger partial charge in [0.1, 0.15) is 0 Å². The fourth-order valence-electron chi connectivity index (χ4n) is 2.95. The molecule has 0 bridgehead atoms. The van der Waals surface area contributed by atoms with E-state index < -0.39 is 0 Å². The number of carbonyl (C=O) groups is 1. The second-order valence-corrected chi connectivity index (χ2v) is 7.36. The number of likely N-dealkylation sites (N-methyl/N-ethyl adjacent to an activating group) is 1. The molecule has 136 valence electrons. The van der Waals surface area contributed by atoms with Crippen LogP contribution in [0.4, 0.5) is 5.69 Å². The van der Waals surface area contributed by atoms with Crippen LogP contribution in [0.3, 0.4) is 0 Å². The van der Waals surface area contributed by atoms with Gasteiger partial charge in [0, 0.05) is 11.4 Å². The Morgan fingerprint density at radius 2 is 1.81 bits per heavy atom. The largest absolute Gasteiger partial charge is 0.324 e. The van der Waals surface area contributed by atoms with E-state index in [0.717, 1.165) is 10.6 Å². The van der Waals surface area contributed by atoms with Crippen LogP contribution in [0.15, 0.2) is 71.6 Å². The Morgan fingerprint density at radius 1 is 1.07 bits per heavy atom. The normalized spacial score (nSPS) is 10.7. The summed E-state index contributed by atoms with van der Waals surface area (Å²) in [5, 5.41) is 14.1. The smallest absolute Gasteiger partial charge is 0.238 e. The van der Waals surface area contributed by atoms with Crippen LogP contribution in [-0.2, 0) is 11.3 Å². The number of hydrogen-bond donors (Lipinski definition) is 1. The Hall–Kier alpha value is -2.81. The molecule has 0 aliphatic carbocycles. The highest BCUT2D eigenvalue weighted by molar-refractivity contribution is 7.99. The van der Waals surface area contributed by atoms with Gasteiger partial charge in [0.05, 0.1) is 24.1 Å². The van der Waals surface area contributed by atoms with E-state index in [1.807, 2.05) is 48.3 Å². The summed E-state index contributed by atoms with van der Waals surface area (Å²) in [4.78, 5) is 15.3. The van der Waals surface area contributed by atoms with E-state index in [2.05, 4.69) is 41.7 Å². The van der Waals surface area contributed by atoms with Crippen molar-refractivity contribution in [2.75, 3.05) is 24.7 Å². The zero-order chi connectivity index (χ0) is 19.1. The Morgan fingerprint density at radius 3 is 2.63 bits per heavy atom. The van der Waals surface area contributed by atoms with E-state index in [0.29, 0.717) is 18.8 Å². The number of para-hydroxylation sites is 1. The molecule has 0 saturated carbocycles. The molecule has 3 rings (SSSR count). The van der Waals surface area contributed by atoms with Crippen LogP contribution in [0, 0.1) is 11.3 Å². The van der Waals surface area contributed by atoms with Crippen molar-refractivity contribution in [3.8, 4) is 6.07 Å². The molecule has 0 radical (unpaired) electrons. The second kappa shape index (κ2) is 9.22. The van der Waals surface area contributed by atoms with Gasteiger partial charge in [-0.3, -0.25) is 9.69 Å². The quantitative estimate of drug-likeness (QED) is 0.617.